The number of fused-ring (bicyclic) bond motifs is 1. The molecule has 1 aromatic heterocycles. The van der Waals surface area contributed by atoms with Crippen LogP contribution in [0.2, 0.25) is 0 Å². The highest BCUT2D eigenvalue weighted by Gasteiger charge is 2.47. The smallest absolute Gasteiger partial charge is 0.295 e. The Balaban J connectivity index is 1.78. The molecule has 0 saturated carbocycles. The van der Waals surface area contributed by atoms with Crippen molar-refractivity contribution in [3.8, 4) is 5.75 Å². The summed E-state index contributed by atoms with van der Waals surface area (Å²) < 4.78 is 16.6. The van der Waals surface area contributed by atoms with Crippen molar-refractivity contribution in [2.24, 2.45) is 0 Å². The molecule has 1 saturated heterocycles. The van der Waals surface area contributed by atoms with Crippen LogP contribution in [0.25, 0.3) is 5.76 Å². The number of carbonyl (C=O) groups is 2. The van der Waals surface area contributed by atoms with E-state index in [9.17, 15) is 14.7 Å². The quantitative estimate of drug-likeness (QED) is 0.339. The molecule has 1 N–H and O–H groups in total. The van der Waals surface area contributed by atoms with Crippen LogP contribution >= 0.6 is 0 Å². The molecule has 7 heteroatoms. The van der Waals surface area contributed by atoms with Crippen molar-refractivity contribution in [2.75, 3.05) is 20.3 Å². The molecule has 2 aliphatic heterocycles. The minimum absolute atomic E-state index is 0.0404. The Morgan fingerprint density at radius 2 is 2.07 bits per heavy atom. The molecular formula is C23H25NO6. The van der Waals surface area contributed by atoms with Crippen LogP contribution in [-0.4, -0.2) is 48.1 Å². The van der Waals surface area contributed by atoms with Gasteiger partial charge in [-0.2, -0.15) is 0 Å². The van der Waals surface area contributed by atoms with Crippen LogP contribution in [0.5, 0.6) is 5.75 Å². The first-order valence-corrected chi connectivity index (χ1v) is 10.0. The molecule has 158 valence electrons. The summed E-state index contributed by atoms with van der Waals surface area (Å²) in [6, 6.07) is 8.04. The maximum absolute atomic E-state index is 12.9. The number of aryl methyl sites for hydroxylation is 1. The lowest BCUT2D eigenvalue weighted by Gasteiger charge is -2.23. The SMILES string of the molecule is COCCCN1C(=O)C(=O)C(=C(O)c2ccc3c(c2)CC(C)O3)C1c1ccc(C)o1. The second-order valence-corrected chi connectivity index (χ2v) is 7.74. The second kappa shape index (κ2) is 7.99. The third-order valence-electron chi connectivity index (χ3n) is 5.49. The molecule has 2 aromatic rings. The number of Topliss-reactive ketones (excluding diaryl/α,β-unsaturated/α-hetero) is 1. The molecule has 1 amide bonds. The number of methoxy groups -OCH3 is 1. The van der Waals surface area contributed by atoms with Crippen molar-refractivity contribution >= 4 is 17.4 Å². The summed E-state index contributed by atoms with van der Waals surface area (Å²) in [6.07, 6.45) is 1.35. The number of furan rings is 1. The molecule has 2 atom stereocenters. The Morgan fingerprint density at radius 3 is 2.77 bits per heavy atom. The van der Waals surface area contributed by atoms with Gasteiger partial charge in [-0.1, -0.05) is 0 Å². The van der Waals surface area contributed by atoms with Gasteiger partial charge in [0.2, 0.25) is 0 Å². The molecule has 1 aromatic carbocycles. The van der Waals surface area contributed by atoms with E-state index in [1.807, 2.05) is 13.0 Å². The third kappa shape index (κ3) is 3.50. The molecule has 4 rings (SSSR count). The third-order valence-corrected chi connectivity index (χ3v) is 5.49. The van der Waals surface area contributed by atoms with Crippen LogP contribution in [0.1, 0.15) is 42.0 Å². The Hall–Kier alpha value is -3.06. The molecule has 3 heterocycles. The number of hydrogen-bond acceptors (Lipinski definition) is 6. The number of nitrogens with zero attached hydrogens (tertiary/aromatic N) is 1. The monoisotopic (exact) mass is 411 g/mol. The average Bonchev–Trinajstić information content (AvgIpc) is 3.38. The van der Waals surface area contributed by atoms with Crippen LogP contribution in [0.15, 0.2) is 40.3 Å². The zero-order chi connectivity index (χ0) is 21.4. The fourth-order valence-corrected chi connectivity index (χ4v) is 4.11. The lowest BCUT2D eigenvalue weighted by molar-refractivity contribution is -0.140. The first-order valence-electron chi connectivity index (χ1n) is 10.0. The molecule has 2 aliphatic rings. The summed E-state index contributed by atoms with van der Waals surface area (Å²) in [5.41, 5.74) is 1.49. The predicted molar refractivity (Wildman–Crippen MR) is 109 cm³/mol. The minimum atomic E-state index is -0.779. The highest BCUT2D eigenvalue weighted by atomic mass is 16.5. The number of ketones is 1. The summed E-state index contributed by atoms with van der Waals surface area (Å²) in [4.78, 5) is 27.2. The van der Waals surface area contributed by atoms with E-state index in [1.165, 1.54) is 4.90 Å². The van der Waals surface area contributed by atoms with Gasteiger partial charge in [-0.25, -0.2) is 0 Å². The van der Waals surface area contributed by atoms with E-state index in [-0.39, 0.29) is 17.4 Å². The van der Waals surface area contributed by atoms with Gasteiger partial charge in [-0.3, -0.25) is 9.59 Å². The molecule has 7 nitrogen and oxygen atoms in total. The van der Waals surface area contributed by atoms with E-state index in [4.69, 9.17) is 13.9 Å². The maximum Gasteiger partial charge on any atom is 0.295 e. The zero-order valence-corrected chi connectivity index (χ0v) is 17.3. The van der Waals surface area contributed by atoms with Gasteiger partial charge in [-0.15, -0.1) is 0 Å². The summed E-state index contributed by atoms with van der Waals surface area (Å²) in [5.74, 6) is 0.320. The Bertz CT molecular complexity index is 1020. The highest BCUT2D eigenvalue weighted by Crippen LogP contribution is 2.41. The van der Waals surface area contributed by atoms with E-state index in [0.717, 1.165) is 17.7 Å². The molecule has 0 spiro atoms. The molecular weight excluding hydrogens is 386 g/mol. The highest BCUT2D eigenvalue weighted by molar-refractivity contribution is 6.46. The molecule has 2 unspecified atom stereocenters. The van der Waals surface area contributed by atoms with E-state index in [1.54, 1.807) is 38.3 Å². The van der Waals surface area contributed by atoms with Gasteiger partial charge < -0.3 is 23.9 Å². The molecule has 0 aliphatic carbocycles. The fraction of sp³-hybridized carbons (Fsp3) is 0.391. The number of ether oxygens (including phenoxy) is 2. The standard InChI is InChI=1S/C23H25NO6/c1-13-5-7-18(29-13)20-19(22(26)23(27)24(20)9-4-10-28-3)21(25)15-6-8-17-16(12-15)11-14(2)30-17/h5-8,12,14,20,25H,4,9-11H2,1-3H3. The normalized spacial score (nSPS) is 22.4. The average molecular weight is 411 g/mol. The summed E-state index contributed by atoms with van der Waals surface area (Å²) in [5, 5.41) is 11.1. The first-order chi connectivity index (χ1) is 14.4. The molecule has 0 radical (unpaired) electrons. The summed E-state index contributed by atoms with van der Waals surface area (Å²) in [7, 11) is 1.58. The van der Waals surface area contributed by atoms with Crippen molar-refractivity contribution in [2.45, 2.75) is 38.8 Å². The molecule has 1 fully saturated rings. The van der Waals surface area contributed by atoms with Gasteiger partial charge in [0.1, 0.15) is 35.2 Å². The van der Waals surface area contributed by atoms with Crippen molar-refractivity contribution in [1.82, 2.24) is 4.90 Å². The Labute approximate surface area is 174 Å². The summed E-state index contributed by atoms with van der Waals surface area (Å²) >= 11 is 0. The number of benzene rings is 1. The Kier molecular flexibility index (Phi) is 5.39. The van der Waals surface area contributed by atoms with Gasteiger partial charge in [0, 0.05) is 32.2 Å². The van der Waals surface area contributed by atoms with Crippen LogP contribution in [0.4, 0.5) is 0 Å². The van der Waals surface area contributed by atoms with Crippen LogP contribution in [-0.2, 0) is 20.7 Å². The van der Waals surface area contributed by atoms with Gasteiger partial charge in [0.25, 0.3) is 11.7 Å². The van der Waals surface area contributed by atoms with Gasteiger partial charge in [0.15, 0.2) is 0 Å². The van der Waals surface area contributed by atoms with Gasteiger partial charge >= 0.3 is 0 Å². The van der Waals surface area contributed by atoms with E-state index >= 15 is 0 Å². The Morgan fingerprint density at radius 1 is 1.27 bits per heavy atom. The van der Waals surface area contributed by atoms with E-state index in [0.29, 0.717) is 36.7 Å². The number of aliphatic hydroxyl groups excluding tert-OH is 1. The number of carbonyl (C=O) groups excluding carboxylic acids is 2. The molecule has 0 bridgehead atoms. The van der Waals surface area contributed by atoms with Crippen molar-refractivity contribution in [1.29, 1.82) is 0 Å². The summed E-state index contributed by atoms with van der Waals surface area (Å²) in [6.45, 7) is 4.54. The minimum Gasteiger partial charge on any atom is -0.507 e. The maximum atomic E-state index is 12.9. The van der Waals surface area contributed by atoms with Crippen LogP contribution in [0.3, 0.4) is 0 Å². The van der Waals surface area contributed by atoms with E-state index < -0.39 is 17.7 Å². The topological polar surface area (TPSA) is 89.2 Å². The van der Waals surface area contributed by atoms with Crippen molar-refractivity contribution in [3.05, 3.63) is 58.6 Å². The number of aliphatic hydroxyl groups is 1. The van der Waals surface area contributed by atoms with Crippen LogP contribution in [0, 0.1) is 6.92 Å². The lowest BCUT2D eigenvalue weighted by atomic mass is 9.97. The van der Waals surface area contributed by atoms with Crippen molar-refractivity contribution < 1.29 is 28.6 Å². The number of hydrogen-bond donors (Lipinski definition) is 1. The largest absolute Gasteiger partial charge is 0.507 e. The second-order valence-electron chi connectivity index (χ2n) is 7.74. The van der Waals surface area contributed by atoms with Crippen molar-refractivity contribution in [3.63, 3.8) is 0 Å². The van der Waals surface area contributed by atoms with Gasteiger partial charge in [-0.05, 0) is 56.2 Å². The molecule has 30 heavy (non-hydrogen) atoms. The number of amides is 1. The number of likely N-dealkylation sites (tertiary alicyclic amines) is 1. The lowest BCUT2D eigenvalue weighted by Crippen LogP contribution is -2.31. The zero-order valence-electron chi connectivity index (χ0n) is 17.3. The number of rotatable bonds is 6. The fourth-order valence-electron chi connectivity index (χ4n) is 4.11. The van der Waals surface area contributed by atoms with Gasteiger partial charge in [0.05, 0.1) is 5.57 Å². The van der Waals surface area contributed by atoms with Crippen LogP contribution < -0.4 is 4.74 Å². The van der Waals surface area contributed by atoms with E-state index in [2.05, 4.69) is 0 Å². The first kappa shape index (κ1) is 20.2. The predicted octanol–water partition coefficient (Wildman–Crippen LogP) is 3.37.